The monoisotopic (exact) mass is 361 g/mol. The van der Waals surface area contributed by atoms with Gasteiger partial charge in [-0.2, -0.15) is 0 Å². The number of imide groups is 1. The zero-order valence-corrected chi connectivity index (χ0v) is 15.1. The van der Waals surface area contributed by atoms with Crippen LogP contribution in [-0.2, 0) is 11.3 Å². The molecule has 0 aromatic heterocycles. The van der Waals surface area contributed by atoms with Crippen LogP contribution < -0.4 is 5.32 Å². The minimum absolute atomic E-state index is 0.0197. The maximum Gasteiger partial charge on any atom is 0.328 e. The Hall–Kier alpha value is -2.03. The second-order valence-electron chi connectivity index (χ2n) is 7.09. The van der Waals surface area contributed by atoms with Gasteiger partial charge in [0.25, 0.3) is 5.91 Å². The van der Waals surface area contributed by atoms with Crippen molar-refractivity contribution in [2.45, 2.75) is 38.4 Å². The Morgan fingerprint density at radius 2 is 1.92 bits per heavy atom. The first kappa shape index (κ1) is 17.4. The summed E-state index contributed by atoms with van der Waals surface area (Å²) in [6.07, 6.45) is 0.656. The molecular formula is C18H24FN5O2. The molecule has 3 amide bonds. The molecule has 0 spiro atoms. The molecule has 3 unspecified atom stereocenters. The third-order valence-corrected chi connectivity index (χ3v) is 5.63. The van der Waals surface area contributed by atoms with E-state index in [0.717, 1.165) is 31.6 Å². The Labute approximate surface area is 152 Å². The minimum Gasteiger partial charge on any atom is -0.310 e. The molecule has 140 valence electrons. The number of carbonyl (C=O) groups excluding carboxylic acids is 2. The predicted molar refractivity (Wildman–Crippen MR) is 93.2 cm³/mol. The molecule has 3 atom stereocenters. The van der Waals surface area contributed by atoms with Gasteiger partial charge in [-0.15, -0.1) is 0 Å². The second kappa shape index (κ2) is 6.61. The molecule has 26 heavy (non-hydrogen) atoms. The number of amides is 3. The Morgan fingerprint density at radius 1 is 1.19 bits per heavy atom. The largest absolute Gasteiger partial charge is 0.328 e. The molecule has 4 rings (SSSR count). The molecule has 0 aliphatic carbocycles. The van der Waals surface area contributed by atoms with Crippen LogP contribution in [0.2, 0.25) is 0 Å². The highest BCUT2D eigenvalue weighted by Gasteiger charge is 2.55. The van der Waals surface area contributed by atoms with Crippen molar-refractivity contribution >= 4 is 11.9 Å². The quantitative estimate of drug-likeness (QED) is 0.864. The van der Waals surface area contributed by atoms with E-state index < -0.39 is 6.04 Å². The van der Waals surface area contributed by atoms with E-state index in [0.29, 0.717) is 0 Å². The number of rotatable bonds is 3. The van der Waals surface area contributed by atoms with Crippen molar-refractivity contribution in [2.24, 2.45) is 0 Å². The van der Waals surface area contributed by atoms with Gasteiger partial charge in [0.2, 0.25) is 0 Å². The van der Waals surface area contributed by atoms with Crippen molar-refractivity contribution in [3.05, 3.63) is 35.6 Å². The number of nitrogens with zero attached hydrogens (tertiary/aromatic N) is 4. The maximum atomic E-state index is 13.2. The molecule has 3 saturated heterocycles. The summed E-state index contributed by atoms with van der Waals surface area (Å²) in [7, 11) is 1.73. The smallest absolute Gasteiger partial charge is 0.310 e. The van der Waals surface area contributed by atoms with Gasteiger partial charge in [0.15, 0.2) is 0 Å². The van der Waals surface area contributed by atoms with E-state index in [4.69, 9.17) is 0 Å². The molecule has 3 aliphatic heterocycles. The summed E-state index contributed by atoms with van der Waals surface area (Å²) in [4.78, 5) is 33.3. The molecule has 0 radical (unpaired) electrons. The van der Waals surface area contributed by atoms with Crippen LogP contribution in [0, 0.1) is 5.82 Å². The highest BCUT2D eigenvalue weighted by atomic mass is 19.1. The van der Waals surface area contributed by atoms with E-state index in [1.807, 2.05) is 0 Å². The van der Waals surface area contributed by atoms with Gasteiger partial charge in [-0.3, -0.25) is 24.8 Å². The third kappa shape index (κ3) is 2.69. The van der Waals surface area contributed by atoms with Gasteiger partial charge in [0.1, 0.15) is 24.3 Å². The van der Waals surface area contributed by atoms with Crippen LogP contribution in [0.25, 0.3) is 0 Å². The number of halogens is 1. The average molecular weight is 361 g/mol. The minimum atomic E-state index is -0.391. The van der Waals surface area contributed by atoms with E-state index in [-0.39, 0.29) is 36.8 Å². The van der Waals surface area contributed by atoms with Crippen LogP contribution in [0.5, 0.6) is 0 Å². The SMILES string of the molecule is CCN1CCCN2C3C(=O)N(Cc4ccc(F)cc4)C(=O)N(C)C3NC12. The molecular weight excluding hydrogens is 337 g/mol. The molecule has 0 bridgehead atoms. The number of hydrogen-bond donors (Lipinski definition) is 1. The number of benzene rings is 1. The summed E-state index contributed by atoms with van der Waals surface area (Å²) in [6.45, 7) is 4.95. The fourth-order valence-electron chi connectivity index (χ4n) is 4.24. The fraction of sp³-hybridized carbons (Fsp3) is 0.556. The Kier molecular flexibility index (Phi) is 4.42. The van der Waals surface area contributed by atoms with E-state index in [2.05, 4.69) is 22.0 Å². The lowest BCUT2D eigenvalue weighted by Crippen LogP contribution is -2.66. The highest BCUT2D eigenvalue weighted by molar-refractivity contribution is 6.00. The third-order valence-electron chi connectivity index (χ3n) is 5.63. The van der Waals surface area contributed by atoms with Gasteiger partial charge in [-0.05, 0) is 30.7 Å². The summed E-state index contributed by atoms with van der Waals surface area (Å²) in [5, 5.41) is 3.46. The predicted octanol–water partition coefficient (Wildman–Crippen LogP) is 0.829. The Balaban J connectivity index is 1.60. The summed E-state index contributed by atoms with van der Waals surface area (Å²) in [6, 6.07) is 5.19. The summed E-state index contributed by atoms with van der Waals surface area (Å²) in [5.41, 5.74) is 0.733. The van der Waals surface area contributed by atoms with Crippen molar-refractivity contribution in [1.29, 1.82) is 0 Å². The van der Waals surface area contributed by atoms with Crippen LogP contribution in [-0.4, -0.2) is 76.7 Å². The van der Waals surface area contributed by atoms with Gasteiger partial charge >= 0.3 is 6.03 Å². The lowest BCUT2D eigenvalue weighted by atomic mass is 10.1. The molecule has 1 N–H and O–H groups in total. The molecule has 7 nitrogen and oxygen atoms in total. The fourth-order valence-corrected chi connectivity index (χ4v) is 4.24. The molecule has 3 aliphatic rings. The van der Waals surface area contributed by atoms with Gasteiger partial charge < -0.3 is 4.90 Å². The molecule has 8 heteroatoms. The Bertz CT molecular complexity index is 712. The topological polar surface area (TPSA) is 59.1 Å². The van der Waals surface area contributed by atoms with Crippen LogP contribution in [0.3, 0.4) is 0 Å². The van der Waals surface area contributed by atoms with E-state index >= 15 is 0 Å². The molecule has 3 fully saturated rings. The van der Waals surface area contributed by atoms with Crippen LogP contribution in [0.1, 0.15) is 18.9 Å². The average Bonchev–Trinajstić information content (AvgIpc) is 3.05. The molecule has 1 aromatic rings. The first-order valence-electron chi connectivity index (χ1n) is 9.09. The van der Waals surface area contributed by atoms with Gasteiger partial charge in [-0.25, -0.2) is 9.18 Å². The molecule has 0 saturated carbocycles. The van der Waals surface area contributed by atoms with Crippen molar-refractivity contribution in [3.63, 3.8) is 0 Å². The molecule has 1 aromatic carbocycles. The normalized spacial score (nSPS) is 29.9. The summed E-state index contributed by atoms with van der Waals surface area (Å²) in [5.74, 6) is -0.520. The van der Waals surface area contributed by atoms with Crippen molar-refractivity contribution in [1.82, 2.24) is 24.9 Å². The highest BCUT2D eigenvalue weighted by Crippen LogP contribution is 2.31. The second-order valence-corrected chi connectivity index (χ2v) is 7.09. The van der Waals surface area contributed by atoms with Crippen molar-refractivity contribution in [3.8, 4) is 0 Å². The van der Waals surface area contributed by atoms with Gasteiger partial charge in [-0.1, -0.05) is 19.1 Å². The van der Waals surface area contributed by atoms with E-state index in [9.17, 15) is 14.0 Å². The maximum absolute atomic E-state index is 13.2. The zero-order valence-electron chi connectivity index (χ0n) is 15.1. The van der Waals surface area contributed by atoms with Crippen molar-refractivity contribution in [2.75, 3.05) is 26.7 Å². The van der Waals surface area contributed by atoms with Gasteiger partial charge in [0, 0.05) is 20.1 Å². The van der Waals surface area contributed by atoms with E-state index in [1.54, 1.807) is 24.1 Å². The lowest BCUT2D eigenvalue weighted by molar-refractivity contribution is -0.140. The standard InChI is InChI=1S/C18H24FN5O2/c1-3-22-9-4-10-23-14-15(20-17(22)23)21(2)18(26)24(16(14)25)11-12-5-7-13(19)8-6-12/h5-8,14-15,17,20H,3-4,9-11H2,1-2H3. The first-order valence-corrected chi connectivity index (χ1v) is 9.09. The van der Waals surface area contributed by atoms with Crippen LogP contribution in [0.15, 0.2) is 24.3 Å². The summed E-state index contributed by atoms with van der Waals surface area (Å²) >= 11 is 0. The number of nitrogens with one attached hydrogen (secondary N) is 1. The number of fused-ring (bicyclic) bond motifs is 3. The number of likely N-dealkylation sites (N-methyl/N-ethyl adjacent to an activating group) is 1. The zero-order chi connectivity index (χ0) is 18.4. The van der Waals surface area contributed by atoms with Crippen LogP contribution >= 0.6 is 0 Å². The van der Waals surface area contributed by atoms with E-state index in [1.165, 1.54) is 17.0 Å². The van der Waals surface area contributed by atoms with Crippen LogP contribution in [0.4, 0.5) is 9.18 Å². The van der Waals surface area contributed by atoms with Gasteiger partial charge in [0.05, 0.1) is 6.54 Å². The lowest BCUT2D eigenvalue weighted by Gasteiger charge is -2.43. The number of carbonyl (C=O) groups is 2. The molecule has 3 heterocycles. The number of urea groups is 1. The van der Waals surface area contributed by atoms with Crippen molar-refractivity contribution < 1.29 is 14.0 Å². The number of hydrogen-bond acceptors (Lipinski definition) is 5. The summed E-state index contributed by atoms with van der Waals surface area (Å²) < 4.78 is 13.1. The Morgan fingerprint density at radius 3 is 2.62 bits per heavy atom. The first-order chi connectivity index (χ1) is 12.5.